The summed E-state index contributed by atoms with van der Waals surface area (Å²) < 4.78 is 10.8. The zero-order valence-electron chi connectivity index (χ0n) is 22.1. The number of nitrogens with one attached hydrogen (secondary N) is 2. The van der Waals surface area contributed by atoms with Gasteiger partial charge >= 0.3 is 6.09 Å². The van der Waals surface area contributed by atoms with Gasteiger partial charge < -0.3 is 24.6 Å². The summed E-state index contributed by atoms with van der Waals surface area (Å²) in [6.07, 6.45) is 1.09. The van der Waals surface area contributed by atoms with E-state index in [1.807, 2.05) is 31.2 Å². The number of rotatable bonds is 6. The van der Waals surface area contributed by atoms with Crippen LogP contribution in [0.2, 0.25) is 0 Å². The molecule has 11 heteroatoms. The Kier molecular flexibility index (Phi) is 7.91. The fourth-order valence-electron chi connectivity index (χ4n) is 4.21. The molecule has 2 amide bonds. The monoisotopic (exact) mass is 509 g/mol. The average Bonchev–Trinajstić information content (AvgIpc) is 3.26. The van der Waals surface area contributed by atoms with Crippen molar-refractivity contribution in [2.24, 2.45) is 5.10 Å². The summed E-state index contributed by atoms with van der Waals surface area (Å²) in [5, 5.41) is 6.95. The Balaban J connectivity index is 1.51. The maximum atomic E-state index is 13.2. The number of anilines is 2. The first-order valence-corrected chi connectivity index (χ1v) is 12.5. The van der Waals surface area contributed by atoms with Crippen molar-refractivity contribution in [1.29, 1.82) is 0 Å². The summed E-state index contributed by atoms with van der Waals surface area (Å²) in [7, 11) is 0. The molecule has 1 aromatic heterocycles. The van der Waals surface area contributed by atoms with E-state index < -0.39 is 17.7 Å². The zero-order valence-corrected chi connectivity index (χ0v) is 22.1. The summed E-state index contributed by atoms with van der Waals surface area (Å²) in [5.74, 6) is 0.909. The topological polar surface area (TPSA) is 121 Å². The van der Waals surface area contributed by atoms with Gasteiger partial charge in [0.25, 0.3) is 0 Å². The van der Waals surface area contributed by atoms with E-state index in [1.54, 1.807) is 38.8 Å². The second-order valence-electron chi connectivity index (χ2n) is 10.2. The van der Waals surface area contributed by atoms with Crippen molar-refractivity contribution in [2.75, 3.05) is 36.6 Å². The maximum Gasteiger partial charge on any atom is 0.408 e. The number of carbonyl (C=O) groups is 2. The van der Waals surface area contributed by atoms with E-state index in [2.05, 4.69) is 25.7 Å². The highest BCUT2D eigenvalue weighted by molar-refractivity contribution is 5.86. The third kappa shape index (κ3) is 6.94. The maximum absolute atomic E-state index is 13.2. The molecule has 37 heavy (non-hydrogen) atoms. The molecule has 0 radical (unpaired) electrons. The lowest BCUT2D eigenvalue weighted by molar-refractivity contribution is -0.133. The minimum atomic E-state index is -0.750. The first kappa shape index (κ1) is 26.3. The van der Waals surface area contributed by atoms with Crippen molar-refractivity contribution in [3.63, 3.8) is 0 Å². The van der Waals surface area contributed by atoms with Crippen LogP contribution in [0.1, 0.15) is 50.1 Å². The fourth-order valence-corrected chi connectivity index (χ4v) is 4.21. The van der Waals surface area contributed by atoms with Crippen LogP contribution >= 0.6 is 0 Å². The lowest BCUT2D eigenvalue weighted by atomic mass is 10.2. The number of amides is 2. The zero-order chi connectivity index (χ0) is 26.6. The number of carbonyl (C=O) groups excluding carboxylic acids is 2. The quantitative estimate of drug-likeness (QED) is 0.450. The molecule has 0 saturated carbocycles. The normalized spacial score (nSPS) is 16.5. The number of fused-ring (bicyclic) bond motifs is 1. The second kappa shape index (κ2) is 11.1. The molecule has 198 valence electrons. The minimum absolute atomic E-state index is 0.219. The van der Waals surface area contributed by atoms with Gasteiger partial charge in [0.15, 0.2) is 0 Å². The number of nitrogens with zero attached hydrogens (tertiary/aromatic N) is 5. The highest BCUT2D eigenvalue weighted by Gasteiger charge is 2.33. The molecule has 1 aromatic carbocycles. The Bertz CT molecular complexity index is 1170. The molecule has 0 spiro atoms. The molecule has 2 aromatic rings. The molecule has 0 unspecified atom stereocenters. The standard InChI is InChI=1S/C26H35N7O4/c1-17-7-6-8-19(13-17)14-27-31-24-29-21-16-33(23(34)18(2)28-25(35)37-26(3,4)5)15-20(21)22(30-24)32-9-11-36-12-10-32/h6-8,13-14,18H,9-12,15-16H2,1-5H3,(H,28,35)(H,29,30,31)/b27-14+/t18-/m1/s1. The van der Waals surface area contributed by atoms with Crippen molar-refractivity contribution in [3.05, 3.63) is 46.6 Å². The first-order chi connectivity index (χ1) is 17.6. The van der Waals surface area contributed by atoms with Crippen LogP contribution in [0.25, 0.3) is 0 Å². The molecule has 0 bridgehead atoms. The van der Waals surface area contributed by atoms with Crippen LogP contribution in [0, 0.1) is 6.92 Å². The van der Waals surface area contributed by atoms with Crippen molar-refractivity contribution in [3.8, 4) is 0 Å². The molecular formula is C26H35N7O4. The van der Waals surface area contributed by atoms with Crippen LogP contribution in [-0.2, 0) is 27.4 Å². The average molecular weight is 510 g/mol. The van der Waals surface area contributed by atoms with E-state index in [4.69, 9.17) is 14.5 Å². The number of hydrogen-bond donors (Lipinski definition) is 2. The molecule has 2 aliphatic rings. The number of aryl methyl sites for hydroxylation is 1. The smallest absolute Gasteiger partial charge is 0.408 e. The Morgan fingerprint density at radius 2 is 1.95 bits per heavy atom. The van der Waals surface area contributed by atoms with Gasteiger partial charge in [-0.1, -0.05) is 29.8 Å². The Hall–Kier alpha value is -3.73. The van der Waals surface area contributed by atoms with Crippen LogP contribution in [0.5, 0.6) is 0 Å². The Morgan fingerprint density at radius 1 is 1.19 bits per heavy atom. The van der Waals surface area contributed by atoms with Gasteiger partial charge in [0.2, 0.25) is 11.9 Å². The predicted octanol–water partition coefficient (Wildman–Crippen LogP) is 2.82. The van der Waals surface area contributed by atoms with Crippen molar-refractivity contribution in [1.82, 2.24) is 20.2 Å². The van der Waals surface area contributed by atoms with E-state index in [9.17, 15) is 9.59 Å². The van der Waals surface area contributed by atoms with Gasteiger partial charge in [-0.2, -0.15) is 10.1 Å². The number of hydrogen-bond acceptors (Lipinski definition) is 9. The molecule has 1 saturated heterocycles. The van der Waals surface area contributed by atoms with Gasteiger partial charge in [0.05, 0.1) is 38.2 Å². The van der Waals surface area contributed by atoms with Crippen LogP contribution in [0.15, 0.2) is 29.4 Å². The van der Waals surface area contributed by atoms with Gasteiger partial charge in [-0.05, 0) is 40.2 Å². The summed E-state index contributed by atoms with van der Waals surface area (Å²) in [5.41, 5.74) is 6.06. The largest absolute Gasteiger partial charge is 0.444 e. The molecule has 11 nitrogen and oxygen atoms in total. The molecule has 4 rings (SSSR count). The number of aromatic nitrogens is 2. The molecular weight excluding hydrogens is 474 g/mol. The van der Waals surface area contributed by atoms with Gasteiger partial charge in [0.1, 0.15) is 17.5 Å². The van der Waals surface area contributed by atoms with Crippen molar-refractivity contribution in [2.45, 2.75) is 59.4 Å². The number of hydrazone groups is 1. The molecule has 0 aliphatic carbocycles. The Morgan fingerprint density at radius 3 is 2.65 bits per heavy atom. The number of ether oxygens (including phenoxy) is 2. The van der Waals surface area contributed by atoms with E-state index in [0.717, 1.165) is 28.2 Å². The molecule has 1 atom stereocenters. The van der Waals surface area contributed by atoms with E-state index in [1.165, 1.54) is 0 Å². The minimum Gasteiger partial charge on any atom is -0.444 e. The van der Waals surface area contributed by atoms with Gasteiger partial charge in [-0.25, -0.2) is 15.2 Å². The molecule has 1 fully saturated rings. The van der Waals surface area contributed by atoms with E-state index in [0.29, 0.717) is 45.3 Å². The fraction of sp³-hybridized carbons (Fsp3) is 0.500. The lowest BCUT2D eigenvalue weighted by Gasteiger charge is -2.29. The molecule has 3 heterocycles. The van der Waals surface area contributed by atoms with Crippen LogP contribution in [-0.4, -0.2) is 71.0 Å². The highest BCUT2D eigenvalue weighted by atomic mass is 16.6. The van der Waals surface area contributed by atoms with E-state index >= 15 is 0 Å². The summed E-state index contributed by atoms with van der Waals surface area (Å²) >= 11 is 0. The Labute approximate surface area is 217 Å². The first-order valence-electron chi connectivity index (χ1n) is 12.5. The van der Waals surface area contributed by atoms with Crippen LogP contribution in [0.3, 0.4) is 0 Å². The third-order valence-corrected chi connectivity index (χ3v) is 5.91. The van der Waals surface area contributed by atoms with Gasteiger partial charge in [0, 0.05) is 18.7 Å². The highest BCUT2D eigenvalue weighted by Crippen LogP contribution is 2.31. The molecule has 2 N–H and O–H groups in total. The number of morpholine rings is 1. The van der Waals surface area contributed by atoms with Gasteiger partial charge in [-0.15, -0.1) is 0 Å². The van der Waals surface area contributed by atoms with Crippen molar-refractivity contribution < 1.29 is 19.1 Å². The predicted molar refractivity (Wildman–Crippen MR) is 141 cm³/mol. The SMILES string of the molecule is Cc1cccc(/C=N/Nc2nc3c(c(N4CCOCC4)n2)CN(C(=O)[C@@H](C)NC(=O)OC(C)(C)C)C3)c1. The van der Waals surface area contributed by atoms with Crippen LogP contribution < -0.4 is 15.6 Å². The van der Waals surface area contributed by atoms with E-state index in [-0.39, 0.29) is 5.91 Å². The molecule has 2 aliphatic heterocycles. The summed E-state index contributed by atoms with van der Waals surface area (Å²) in [4.78, 5) is 38.6. The van der Waals surface area contributed by atoms with Gasteiger partial charge in [-0.3, -0.25) is 4.79 Å². The lowest BCUT2D eigenvalue weighted by Crippen LogP contribution is -2.46. The van der Waals surface area contributed by atoms with Crippen LogP contribution in [0.4, 0.5) is 16.6 Å². The van der Waals surface area contributed by atoms with Crippen molar-refractivity contribution >= 4 is 30.0 Å². The third-order valence-electron chi connectivity index (χ3n) is 5.91. The second-order valence-corrected chi connectivity index (χ2v) is 10.2. The summed E-state index contributed by atoms with van der Waals surface area (Å²) in [6, 6.07) is 7.25. The summed E-state index contributed by atoms with van der Waals surface area (Å²) in [6.45, 7) is 12.3. The number of benzene rings is 1. The number of alkyl carbamates (subject to hydrolysis) is 1.